The Labute approximate surface area is 244 Å². The van der Waals surface area contributed by atoms with E-state index in [1.807, 2.05) is 54.6 Å². The molecule has 0 fully saturated rings. The van der Waals surface area contributed by atoms with Crippen LogP contribution >= 0.6 is 6.83 Å². The summed E-state index contributed by atoms with van der Waals surface area (Å²) >= 11 is 0. The fraction of sp³-hybridized carbons (Fsp3) is 0.278. The van der Waals surface area contributed by atoms with Crippen molar-refractivity contribution in [2.75, 3.05) is 12.7 Å². The van der Waals surface area contributed by atoms with E-state index in [2.05, 4.69) is 36.4 Å². The van der Waals surface area contributed by atoms with Crippen LogP contribution in [0.3, 0.4) is 0 Å². The van der Waals surface area contributed by atoms with Crippen molar-refractivity contribution in [1.29, 1.82) is 0 Å². The van der Waals surface area contributed by atoms with E-state index in [-0.39, 0.29) is 11.8 Å². The van der Waals surface area contributed by atoms with Gasteiger partial charge in [0.1, 0.15) is 0 Å². The Hall–Kier alpha value is -3.59. The quantitative estimate of drug-likeness (QED) is 0.103. The SMILES string of the molecule is O=C1c2ccccc2C(=O)N1CCCCCCCCCCP(O)(c1ccccc1)(c1ccccc1)c1ccccc1. The van der Waals surface area contributed by atoms with Crippen LogP contribution in [-0.2, 0) is 0 Å². The third-order valence-corrected chi connectivity index (χ3v) is 14.0. The first-order valence-corrected chi connectivity index (χ1v) is 17.3. The first kappa shape index (κ1) is 28.9. The molecule has 5 rings (SSSR count). The summed E-state index contributed by atoms with van der Waals surface area (Å²) in [5.41, 5.74) is 1.06. The molecule has 1 N–H and O–H groups in total. The van der Waals surface area contributed by atoms with Crippen LogP contribution < -0.4 is 15.9 Å². The van der Waals surface area contributed by atoms with Crippen LogP contribution in [0.25, 0.3) is 0 Å². The molecule has 0 spiro atoms. The van der Waals surface area contributed by atoms with Crippen molar-refractivity contribution in [1.82, 2.24) is 4.90 Å². The number of hydrogen-bond donors (Lipinski definition) is 1. The molecule has 0 saturated carbocycles. The molecular weight excluding hydrogens is 525 g/mol. The summed E-state index contributed by atoms with van der Waals surface area (Å²) in [7, 11) is 0. The minimum absolute atomic E-state index is 0.159. The van der Waals surface area contributed by atoms with Gasteiger partial charge in [-0.25, -0.2) is 0 Å². The normalized spacial score (nSPS) is 14.1. The topological polar surface area (TPSA) is 57.6 Å². The van der Waals surface area contributed by atoms with E-state index in [0.717, 1.165) is 73.4 Å². The molecule has 0 aliphatic carbocycles. The Balaban J connectivity index is 1.13. The van der Waals surface area contributed by atoms with Gasteiger partial charge in [0.15, 0.2) is 0 Å². The molecular formula is C36H40NO3P. The number of nitrogens with zero attached hydrogens (tertiary/aromatic N) is 1. The molecule has 41 heavy (non-hydrogen) atoms. The molecule has 0 radical (unpaired) electrons. The van der Waals surface area contributed by atoms with Crippen LogP contribution in [0.15, 0.2) is 115 Å². The van der Waals surface area contributed by atoms with E-state index < -0.39 is 6.83 Å². The Morgan fingerprint density at radius 2 is 0.805 bits per heavy atom. The number of hydrogen-bond acceptors (Lipinski definition) is 3. The van der Waals surface area contributed by atoms with Gasteiger partial charge >= 0.3 is 199 Å². The molecule has 4 aromatic carbocycles. The summed E-state index contributed by atoms with van der Waals surface area (Å²) in [5.74, 6) is -0.318. The third kappa shape index (κ3) is 5.77. The third-order valence-electron chi connectivity index (χ3n) is 8.54. The molecule has 4 aromatic rings. The molecule has 212 valence electrons. The number of rotatable bonds is 14. The van der Waals surface area contributed by atoms with Gasteiger partial charge in [0.25, 0.3) is 0 Å². The van der Waals surface area contributed by atoms with Gasteiger partial charge in [-0.3, -0.25) is 9.59 Å². The molecule has 5 heteroatoms. The first-order chi connectivity index (χ1) is 20.0. The fourth-order valence-corrected chi connectivity index (χ4v) is 11.2. The van der Waals surface area contributed by atoms with E-state index in [0.29, 0.717) is 17.7 Å². The zero-order chi connectivity index (χ0) is 28.6. The van der Waals surface area contributed by atoms with E-state index in [1.165, 1.54) is 4.90 Å². The zero-order valence-electron chi connectivity index (χ0n) is 23.7. The van der Waals surface area contributed by atoms with Crippen molar-refractivity contribution < 1.29 is 14.5 Å². The summed E-state index contributed by atoms with van der Waals surface area (Å²) in [4.78, 5) is 39.6. The van der Waals surface area contributed by atoms with Crippen LogP contribution in [0, 0.1) is 0 Å². The van der Waals surface area contributed by atoms with Gasteiger partial charge in [0.2, 0.25) is 0 Å². The van der Waals surface area contributed by atoms with Crippen LogP contribution in [-0.4, -0.2) is 34.3 Å². The average Bonchev–Trinajstić information content (AvgIpc) is 3.28. The first-order valence-electron chi connectivity index (χ1n) is 14.9. The summed E-state index contributed by atoms with van der Waals surface area (Å²) in [6.07, 6.45) is 9.12. The monoisotopic (exact) mass is 565 g/mol. The molecule has 4 nitrogen and oxygen atoms in total. The standard InChI is InChI=1S/C36H40NO3P/c38-35-33-26-16-17-27-34(33)36(39)37(35)28-18-5-3-1-2-4-6-19-29-41(40,30-20-10-7-11-21-30,31-22-12-8-13-23-31)32-24-14-9-15-25-32/h7-17,20-27,40H,1-6,18-19,28-29H2. The molecule has 1 aliphatic rings. The van der Waals surface area contributed by atoms with Gasteiger partial charge in [0, 0.05) is 0 Å². The van der Waals surface area contributed by atoms with E-state index in [9.17, 15) is 14.5 Å². The number of carbonyl (C=O) groups excluding carboxylic acids is 2. The van der Waals surface area contributed by atoms with Gasteiger partial charge < -0.3 is 0 Å². The van der Waals surface area contributed by atoms with E-state index in [4.69, 9.17) is 0 Å². The number of unbranched alkanes of at least 4 members (excludes halogenated alkanes) is 7. The van der Waals surface area contributed by atoms with Crippen molar-refractivity contribution in [3.05, 3.63) is 126 Å². The molecule has 0 unspecified atom stereocenters. The zero-order valence-corrected chi connectivity index (χ0v) is 24.6. The second kappa shape index (κ2) is 12.9. The number of imide groups is 1. The van der Waals surface area contributed by atoms with Crippen LogP contribution in [0.1, 0.15) is 72.1 Å². The number of carbonyl (C=O) groups is 2. The summed E-state index contributed by atoms with van der Waals surface area (Å²) in [6, 6.07) is 37.9. The molecule has 0 bridgehead atoms. The summed E-state index contributed by atoms with van der Waals surface area (Å²) < 4.78 is 0. The Morgan fingerprint density at radius 1 is 0.463 bits per heavy atom. The molecule has 0 saturated heterocycles. The number of benzene rings is 4. The molecule has 1 heterocycles. The molecule has 0 atom stereocenters. The second-order valence-corrected chi connectivity index (χ2v) is 15.6. The second-order valence-electron chi connectivity index (χ2n) is 11.1. The van der Waals surface area contributed by atoms with Crippen LogP contribution in [0.5, 0.6) is 0 Å². The number of fused-ring (bicyclic) bond motifs is 1. The van der Waals surface area contributed by atoms with Crippen molar-refractivity contribution in [3.63, 3.8) is 0 Å². The Bertz CT molecular complexity index is 1320. The Morgan fingerprint density at radius 3 is 1.22 bits per heavy atom. The fourth-order valence-electron chi connectivity index (χ4n) is 6.27. The maximum atomic E-state index is 13.2. The van der Waals surface area contributed by atoms with Gasteiger partial charge in [-0.2, -0.15) is 0 Å². The average molecular weight is 566 g/mol. The van der Waals surface area contributed by atoms with Gasteiger partial charge in [-0.15, -0.1) is 0 Å². The van der Waals surface area contributed by atoms with Crippen LogP contribution in [0.2, 0.25) is 0 Å². The predicted molar refractivity (Wildman–Crippen MR) is 171 cm³/mol. The maximum absolute atomic E-state index is 13.2. The van der Waals surface area contributed by atoms with Gasteiger partial charge in [-0.05, 0) is 12.1 Å². The van der Waals surface area contributed by atoms with Gasteiger partial charge in [0.05, 0.1) is 11.1 Å². The minimum atomic E-state index is -3.63. The predicted octanol–water partition coefficient (Wildman–Crippen LogP) is 6.84. The van der Waals surface area contributed by atoms with Crippen molar-refractivity contribution in [2.45, 2.75) is 51.4 Å². The van der Waals surface area contributed by atoms with Crippen molar-refractivity contribution >= 4 is 34.6 Å². The number of amides is 2. The van der Waals surface area contributed by atoms with Crippen LogP contribution in [0.4, 0.5) is 0 Å². The molecule has 0 aromatic heterocycles. The summed E-state index contributed by atoms with van der Waals surface area (Å²) in [5, 5.41) is 3.07. The molecule has 2 amide bonds. The summed E-state index contributed by atoms with van der Waals surface area (Å²) in [6.45, 7) is -3.14. The van der Waals surface area contributed by atoms with Crippen molar-refractivity contribution in [2.24, 2.45) is 0 Å². The van der Waals surface area contributed by atoms with Crippen molar-refractivity contribution in [3.8, 4) is 0 Å². The van der Waals surface area contributed by atoms with Gasteiger partial charge in [-0.1, -0.05) is 12.1 Å². The Kier molecular flexibility index (Phi) is 9.12. The van der Waals surface area contributed by atoms with E-state index >= 15 is 0 Å². The molecule has 1 aliphatic heterocycles. The van der Waals surface area contributed by atoms with E-state index in [1.54, 1.807) is 24.3 Å².